The zero-order valence-electron chi connectivity index (χ0n) is 10.1. The Hall–Kier alpha value is -1.32. The first kappa shape index (κ1) is 13.1. The van der Waals surface area contributed by atoms with Crippen molar-refractivity contribution in [3.63, 3.8) is 0 Å². The van der Waals surface area contributed by atoms with Gasteiger partial charge in [0, 0.05) is 21.8 Å². The van der Waals surface area contributed by atoms with Crippen LogP contribution in [0.25, 0.3) is 0 Å². The minimum absolute atomic E-state index is 0.0454. The molecule has 94 valence electrons. The van der Waals surface area contributed by atoms with Crippen LogP contribution in [0.5, 0.6) is 0 Å². The Morgan fingerprint density at radius 1 is 1.17 bits per heavy atom. The van der Waals surface area contributed by atoms with Gasteiger partial charge in [-0.2, -0.15) is 0 Å². The highest BCUT2D eigenvalue weighted by Gasteiger charge is 2.10. The van der Waals surface area contributed by atoms with E-state index in [0.717, 1.165) is 17.1 Å². The van der Waals surface area contributed by atoms with E-state index in [4.69, 9.17) is 23.2 Å². The summed E-state index contributed by atoms with van der Waals surface area (Å²) in [7, 11) is 0. The Bertz CT molecular complexity index is 558. The number of hydrogen-bond acceptors (Lipinski definition) is 3. The summed E-state index contributed by atoms with van der Waals surface area (Å²) >= 11 is 12.0. The van der Waals surface area contributed by atoms with Gasteiger partial charge in [-0.1, -0.05) is 29.3 Å². The van der Waals surface area contributed by atoms with Crippen LogP contribution in [-0.2, 0) is 0 Å². The van der Waals surface area contributed by atoms with E-state index in [1.54, 1.807) is 6.07 Å². The molecule has 1 aromatic heterocycles. The fourth-order valence-corrected chi connectivity index (χ4v) is 2.26. The summed E-state index contributed by atoms with van der Waals surface area (Å²) in [5, 5.41) is 4.56. The van der Waals surface area contributed by atoms with Crippen molar-refractivity contribution in [2.24, 2.45) is 0 Å². The lowest BCUT2D eigenvalue weighted by Gasteiger charge is -2.16. The highest BCUT2D eigenvalue weighted by Crippen LogP contribution is 2.27. The van der Waals surface area contributed by atoms with Gasteiger partial charge in [-0.3, -0.25) is 0 Å². The second-order valence-electron chi connectivity index (χ2n) is 4.08. The lowest BCUT2D eigenvalue weighted by Crippen LogP contribution is -2.08. The number of hydrogen-bond donors (Lipinski definition) is 1. The smallest absolute Gasteiger partial charge is 0.130 e. The molecule has 2 rings (SSSR count). The fraction of sp³-hybridized carbons (Fsp3) is 0.231. The molecule has 1 N–H and O–H groups in total. The third-order valence-corrected chi connectivity index (χ3v) is 3.16. The molecule has 0 aliphatic rings. The van der Waals surface area contributed by atoms with E-state index in [1.807, 2.05) is 32.0 Å². The molecular weight excluding hydrogens is 269 g/mol. The van der Waals surface area contributed by atoms with Gasteiger partial charge < -0.3 is 5.32 Å². The van der Waals surface area contributed by atoms with E-state index in [-0.39, 0.29) is 6.04 Å². The van der Waals surface area contributed by atoms with Gasteiger partial charge in [0.15, 0.2) is 0 Å². The molecule has 0 radical (unpaired) electrons. The number of nitrogens with one attached hydrogen (secondary N) is 1. The molecule has 1 heterocycles. The number of anilines is 1. The molecule has 0 bridgehead atoms. The van der Waals surface area contributed by atoms with Crippen molar-refractivity contribution in [2.45, 2.75) is 19.9 Å². The van der Waals surface area contributed by atoms with Crippen molar-refractivity contribution in [3.05, 3.63) is 51.9 Å². The summed E-state index contributed by atoms with van der Waals surface area (Å²) in [4.78, 5) is 8.22. The van der Waals surface area contributed by atoms with E-state index >= 15 is 0 Å². The first-order valence-electron chi connectivity index (χ1n) is 5.56. The molecule has 0 aliphatic heterocycles. The second kappa shape index (κ2) is 5.55. The van der Waals surface area contributed by atoms with Crippen LogP contribution in [0.2, 0.25) is 10.0 Å². The topological polar surface area (TPSA) is 37.8 Å². The number of rotatable bonds is 3. The van der Waals surface area contributed by atoms with Crippen molar-refractivity contribution in [3.8, 4) is 0 Å². The second-order valence-corrected chi connectivity index (χ2v) is 4.92. The largest absolute Gasteiger partial charge is 0.363 e. The van der Waals surface area contributed by atoms with Gasteiger partial charge in [0.1, 0.15) is 12.1 Å². The normalized spacial score (nSPS) is 12.2. The van der Waals surface area contributed by atoms with E-state index < -0.39 is 0 Å². The summed E-state index contributed by atoms with van der Waals surface area (Å²) in [5.41, 5.74) is 1.90. The highest BCUT2D eigenvalue weighted by molar-refractivity contribution is 6.35. The zero-order valence-corrected chi connectivity index (χ0v) is 11.6. The Labute approximate surface area is 116 Å². The van der Waals surface area contributed by atoms with Crippen LogP contribution in [0.15, 0.2) is 30.6 Å². The summed E-state index contributed by atoms with van der Waals surface area (Å²) in [6, 6.07) is 7.41. The highest BCUT2D eigenvalue weighted by atomic mass is 35.5. The molecule has 2 aromatic rings. The van der Waals surface area contributed by atoms with Crippen LogP contribution < -0.4 is 5.32 Å². The predicted molar refractivity (Wildman–Crippen MR) is 75.3 cm³/mol. The molecule has 0 saturated heterocycles. The maximum Gasteiger partial charge on any atom is 0.130 e. The van der Waals surface area contributed by atoms with Crippen molar-refractivity contribution in [1.29, 1.82) is 0 Å². The Morgan fingerprint density at radius 3 is 2.61 bits per heavy atom. The Balaban J connectivity index is 2.19. The SMILES string of the molecule is Cc1cc(N[C@@H](C)c2ccc(Cl)cc2Cl)ncn1. The summed E-state index contributed by atoms with van der Waals surface area (Å²) < 4.78 is 0. The van der Waals surface area contributed by atoms with Crippen LogP contribution in [0.4, 0.5) is 5.82 Å². The lowest BCUT2D eigenvalue weighted by molar-refractivity contribution is 0.870. The van der Waals surface area contributed by atoms with Gasteiger partial charge in [0.25, 0.3) is 0 Å². The van der Waals surface area contributed by atoms with Gasteiger partial charge in [-0.25, -0.2) is 9.97 Å². The van der Waals surface area contributed by atoms with Gasteiger partial charge in [-0.05, 0) is 31.5 Å². The first-order valence-corrected chi connectivity index (χ1v) is 6.32. The number of halogens is 2. The van der Waals surface area contributed by atoms with Crippen LogP contribution in [0.1, 0.15) is 24.2 Å². The molecule has 1 atom stereocenters. The van der Waals surface area contributed by atoms with Crippen molar-refractivity contribution >= 4 is 29.0 Å². The van der Waals surface area contributed by atoms with Crippen LogP contribution in [0.3, 0.4) is 0 Å². The molecule has 3 nitrogen and oxygen atoms in total. The standard InChI is InChI=1S/C13H13Cl2N3/c1-8-5-13(17-7-16-8)18-9(2)11-4-3-10(14)6-12(11)15/h3-7,9H,1-2H3,(H,16,17,18)/t9-/m0/s1. The Kier molecular flexibility index (Phi) is 4.04. The average molecular weight is 282 g/mol. The number of aryl methyl sites for hydroxylation is 1. The summed E-state index contributed by atoms with van der Waals surface area (Å²) in [6.07, 6.45) is 1.54. The summed E-state index contributed by atoms with van der Waals surface area (Å²) in [5.74, 6) is 0.779. The molecule has 5 heteroatoms. The third kappa shape index (κ3) is 3.12. The van der Waals surface area contributed by atoms with Crippen molar-refractivity contribution in [2.75, 3.05) is 5.32 Å². The van der Waals surface area contributed by atoms with E-state index in [9.17, 15) is 0 Å². The third-order valence-electron chi connectivity index (χ3n) is 2.60. The minimum Gasteiger partial charge on any atom is -0.363 e. The van der Waals surface area contributed by atoms with Gasteiger partial charge >= 0.3 is 0 Å². The Morgan fingerprint density at radius 2 is 1.94 bits per heavy atom. The number of nitrogens with zero attached hydrogens (tertiary/aromatic N) is 2. The molecule has 0 saturated carbocycles. The van der Waals surface area contributed by atoms with E-state index in [2.05, 4.69) is 15.3 Å². The monoisotopic (exact) mass is 281 g/mol. The molecule has 18 heavy (non-hydrogen) atoms. The number of aromatic nitrogens is 2. The number of benzene rings is 1. The molecule has 0 fully saturated rings. The first-order chi connectivity index (χ1) is 8.56. The van der Waals surface area contributed by atoms with Crippen molar-refractivity contribution < 1.29 is 0 Å². The fourth-order valence-electron chi connectivity index (χ4n) is 1.69. The lowest BCUT2D eigenvalue weighted by atomic mass is 10.1. The molecule has 0 aliphatic carbocycles. The zero-order chi connectivity index (χ0) is 13.1. The van der Waals surface area contributed by atoms with E-state index in [1.165, 1.54) is 6.33 Å². The average Bonchev–Trinajstić information content (AvgIpc) is 2.28. The van der Waals surface area contributed by atoms with E-state index in [0.29, 0.717) is 10.0 Å². The predicted octanol–water partition coefficient (Wildman–Crippen LogP) is 4.26. The van der Waals surface area contributed by atoms with Crippen LogP contribution in [0, 0.1) is 6.92 Å². The maximum absolute atomic E-state index is 6.16. The molecule has 0 unspecified atom stereocenters. The minimum atomic E-state index is 0.0454. The van der Waals surface area contributed by atoms with Crippen LogP contribution >= 0.6 is 23.2 Å². The molecule has 1 aromatic carbocycles. The molecular formula is C13H13Cl2N3. The maximum atomic E-state index is 6.16. The molecule has 0 amide bonds. The van der Waals surface area contributed by atoms with Gasteiger partial charge in [0.05, 0.1) is 6.04 Å². The van der Waals surface area contributed by atoms with Crippen LogP contribution in [-0.4, -0.2) is 9.97 Å². The van der Waals surface area contributed by atoms with Gasteiger partial charge in [-0.15, -0.1) is 0 Å². The van der Waals surface area contributed by atoms with Gasteiger partial charge in [0.2, 0.25) is 0 Å². The van der Waals surface area contributed by atoms with Crippen molar-refractivity contribution in [1.82, 2.24) is 9.97 Å². The quantitative estimate of drug-likeness (QED) is 0.913. The summed E-state index contributed by atoms with van der Waals surface area (Å²) in [6.45, 7) is 3.94. The molecule has 0 spiro atoms.